The number of aromatic nitrogens is 2. The summed E-state index contributed by atoms with van der Waals surface area (Å²) in [6.07, 6.45) is -2.42. The number of ketones is 1. The minimum Gasteiger partial charge on any atom is -0.322 e. The number of benzene rings is 1. The highest BCUT2D eigenvalue weighted by Crippen LogP contribution is 2.31. The molecule has 0 spiro atoms. The molecular formula is C15H12F3N3O2S. The number of carbonyl (C=O) groups is 2. The molecule has 0 saturated heterocycles. The number of Topliss-reactive ketones (excluding diaryl/α,β-unsaturated/α-hetero) is 1. The standard InChI is InChI=1S/C15H12F3N3O2S/c1-8(22)9-4-3-5-10(6-9)20-13(23)11-7-19-14(24-2)21-12(11)15(16,17)18/h3-7H,1-2H3,(H,20,23). The lowest BCUT2D eigenvalue weighted by atomic mass is 10.1. The fourth-order valence-electron chi connectivity index (χ4n) is 1.86. The Bertz CT molecular complexity index is 794. The highest BCUT2D eigenvalue weighted by atomic mass is 32.2. The SMILES string of the molecule is CSc1ncc(C(=O)Nc2cccc(C(C)=O)c2)c(C(F)(F)F)n1. The van der Waals surface area contributed by atoms with Gasteiger partial charge in [0.15, 0.2) is 16.6 Å². The summed E-state index contributed by atoms with van der Waals surface area (Å²) in [5, 5.41) is 2.24. The van der Waals surface area contributed by atoms with Gasteiger partial charge in [-0.2, -0.15) is 13.2 Å². The predicted molar refractivity (Wildman–Crippen MR) is 83.2 cm³/mol. The Balaban J connectivity index is 2.36. The molecule has 0 fully saturated rings. The minimum absolute atomic E-state index is 0.0857. The first kappa shape index (κ1) is 17.9. The highest BCUT2D eigenvalue weighted by Gasteiger charge is 2.38. The molecule has 0 aliphatic carbocycles. The third-order valence-corrected chi connectivity index (χ3v) is 3.55. The molecule has 0 atom stereocenters. The molecule has 2 aromatic rings. The predicted octanol–water partition coefficient (Wildman–Crippen LogP) is 3.67. The number of hydrogen-bond donors (Lipinski definition) is 1. The van der Waals surface area contributed by atoms with Gasteiger partial charge in [-0.1, -0.05) is 23.9 Å². The van der Waals surface area contributed by atoms with E-state index in [9.17, 15) is 22.8 Å². The molecule has 2 rings (SSSR count). The summed E-state index contributed by atoms with van der Waals surface area (Å²) in [6, 6.07) is 5.90. The minimum atomic E-state index is -4.79. The van der Waals surface area contributed by atoms with Gasteiger partial charge >= 0.3 is 6.18 Å². The Labute approximate surface area is 139 Å². The summed E-state index contributed by atoms with van der Waals surface area (Å²) in [5.74, 6) is -1.23. The van der Waals surface area contributed by atoms with E-state index in [1.807, 2.05) is 0 Å². The number of carbonyl (C=O) groups excluding carboxylic acids is 2. The van der Waals surface area contributed by atoms with Crippen molar-refractivity contribution in [2.75, 3.05) is 11.6 Å². The number of anilines is 1. The molecule has 0 aliphatic rings. The number of hydrogen-bond acceptors (Lipinski definition) is 5. The van der Waals surface area contributed by atoms with Gasteiger partial charge in [0.05, 0.1) is 5.56 Å². The van der Waals surface area contributed by atoms with Crippen molar-refractivity contribution in [1.29, 1.82) is 0 Å². The van der Waals surface area contributed by atoms with E-state index in [-0.39, 0.29) is 16.6 Å². The number of nitrogens with one attached hydrogen (secondary N) is 1. The lowest BCUT2D eigenvalue weighted by Crippen LogP contribution is -2.21. The lowest BCUT2D eigenvalue weighted by Gasteiger charge is -2.12. The van der Waals surface area contributed by atoms with Crippen molar-refractivity contribution in [1.82, 2.24) is 9.97 Å². The van der Waals surface area contributed by atoms with Gasteiger partial charge < -0.3 is 5.32 Å². The van der Waals surface area contributed by atoms with Crippen LogP contribution in [0.5, 0.6) is 0 Å². The van der Waals surface area contributed by atoms with Crippen molar-refractivity contribution in [2.24, 2.45) is 0 Å². The maximum Gasteiger partial charge on any atom is 0.434 e. The number of halogens is 3. The van der Waals surface area contributed by atoms with E-state index >= 15 is 0 Å². The molecule has 9 heteroatoms. The van der Waals surface area contributed by atoms with Crippen LogP contribution in [0, 0.1) is 0 Å². The van der Waals surface area contributed by atoms with Crippen LogP contribution in [-0.4, -0.2) is 27.9 Å². The van der Waals surface area contributed by atoms with Crippen LogP contribution in [0.25, 0.3) is 0 Å². The smallest absolute Gasteiger partial charge is 0.322 e. The van der Waals surface area contributed by atoms with E-state index in [2.05, 4.69) is 15.3 Å². The van der Waals surface area contributed by atoms with Gasteiger partial charge in [0.25, 0.3) is 5.91 Å². The summed E-state index contributed by atoms with van der Waals surface area (Å²) < 4.78 is 39.3. The van der Waals surface area contributed by atoms with E-state index in [1.165, 1.54) is 37.4 Å². The normalized spacial score (nSPS) is 11.2. The van der Waals surface area contributed by atoms with Gasteiger partial charge in [0.1, 0.15) is 0 Å². The second-order valence-corrected chi connectivity index (χ2v) is 5.48. The molecule has 0 saturated carbocycles. The zero-order valence-corrected chi connectivity index (χ0v) is 13.5. The zero-order chi connectivity index (χ0) is 17.9. The largest absolute Gasteiger partial charge is 0.434 e. The van der Waals surface area contributed by atoms with Crippen LogP contribution in [0.1, 0.15) is 33.3 Å². The Morgan fingerprint density at radius 2 is 1.96 bits per heavy atom. The fraction of sp³-hybridized carbons (Fsp3) is 0.200. The van der Waals surface area contributed by atoms with Crippen molar-refractivity contribution in [3.63, 3.8) is 0 Å². The van der Waals surface area contributed by atoms with Crippen LogP contribution < -0.4 is 5.32 Å². The summed E-state index contributed by atoms with van der Waals surface area (Å²) in [7, 11) is 0. The fourth-order valence-corrected chi connectivity index (χ4v) is 2.20. The molecular weight excluding hydrogens is 343 g/mol. The molecule has 0 aliphatic heterocycles. The van der Waals surface area contributed by atoms with Crippen molar-refractivity contribution < 1.29 is 22.8 Å². The van der Waals surface area contributed by atoms with Crippen molar-refractivity contribution >= 4 is 29.1 Å². The Morgan fingerprint density at radius 3 is 2.54 bits per heavy atom. The molecule has 5 nitrogen and oxygen atoms in total. The third kappa shape index (κ3) is 4.10. The average molecular weight is 355 g/mol. The Hall–Kier alpha value is -2.42. The topological polar surface area (TPSA) is 72.0 Å². The van der Waals surface area contributed by atoms with Crippen molar-refractivity contribution in [3.8, 4) is 0 Å². The maximum atomic E-state index is 13.1. The lowest BCUT2D eigenvalue weighted by molar-refractivity contribution is -0.142. The van der Waals surface area contributed by atoms with Crippen molar-refractivity contribution in [2.45, 2.75) is 18.3 Å². The Morgan fingerprint density at radius 1 is 1.25 bits per heavy atom. The molecule has 0 radical (unpaired) electrons. The third-order valence-electron chi connectivity index (χ3n) is 2.99. The second kappa shape index (κ2) is 7.00. The van der Waals surface area contributed by atoms with Crippen LogP contribution in [0.4, 0.5) is 18.9 Å². The summed E-state index contributed by atoms with van der Waals surface area (Å²) in [5.41, 5.74) is -1.46. The molecule has 126 valence electrons. The maximum absolute atomic E-state index is 13.1. The molecule has 1 heterocycles. The first-order valence-corrected chi connectivity index (χ1v) is 7.85. The van der Waals surface area contributed by atoms with Gasteiger partial charge in [-0.3, -0.25) is 9.59 Å². The number of amides is 1. The van der Waals surface area contributed by atoms with Crippen LogP contribution in [0.15, 0.2) is 35.6 Å². The highest BCUT2D eigenvalue weighted by molar-refractivity contribution is 7.98. The summed E-state index contributed by atoms with van der Waals surface area (Å²) >= 11 is 0.937. The average Bonchev–Trinajstić information content (AvgIpc) is 2.53. The zero-order valence-electron chi connectivity index (χ0n) is 12.6. The van der Waals surface area contributed by atoms with E-state index in [4.69, 9.17) is 0 Å². The first-order valence-electron chi connectivity index (χ1n) is 6.63. The monoisotopic (exact) mass is 355 g/mol. The number of alkyl halides is 3. The van der Waals surface area contributed by atoms with Crippen LogP contribution in [0.2, 0.25) is 0 Å². The quantitative estimate of drug-likeness (QED) is 0.515. The molecule has 1 aromatic heterocycles. The van der Waals surface area contributed by atoms with Gasteiger partial charge in [-0.15, -0.1) is 0 Å². The van der Waals surface area contributed by atoms with E-state index in [1.54, 1.807) is 0 Å². The van der Waals surface area contributed by atoms with Gasteiger partial charge in [0.2, 0.25) is 0 Å². The molecule has 1 aromatic carbocycles. The van der Waals surface area contributed by atoms with Gasteiger partial charge in [-0.25, -0.2) is 9.97 Å². The molecule has 24 heavy (non-hydrogen) atoms. The number of nitrogens with zero attached hydrogens (tertiary/aromatic N) is 2. The number of thioether (sulfide) groups is 1. The number of rotatable bonds is 4. The molecule has 0 unspecified atom stereocenters. The van der Waals surface area contributed by atoms with E-state index < -0.39 is 23.3 Å². The van der Waals surface area contributed by atoms with Crippen LogP contribution in [0.3, 0.4) is 0 Å². The van der Waals surface area contributed by atoms with E-state index in [0.717, 1.165) is 18.0 Å². The van der Waals surface area contributed by atoms with Gasteiger partial charge in [-0.05, 0) is 25.3 Å². The van der Waals surface area contributed by atoms with Crippen LogP contribution >= 0.6 is 11.8 Å². The Kier molecular flexibility index (Phi) is 5.23. The summed E-state index contributed by atoms with van der Waals surface area (Å²) in [6.45, 7) is 1.34. The van der Waals surface area contributed by atoms with Crippen molar-refractivity contribution in [3.05, 3.63) is 47.3 Å². The molecule has 0 bridgehead atoms. The summed E-state index contributed by atoms with van der Waals surface area (Å²) in [4.78, 5) is 30.6. The van der Waals surface area contributed by atoms with E-state index in [0.29, 0.717) is 5.56 Å². The molecule has 1 N–H and O–H groups in total. The van der Waals surface area contributed by atoms with Gasteiger partial charge in [0, 0.05) is 17.4 Å². The van der Waals surface area contributed by atoms with Crippen LogP contribution in [-0.2, 0) is 6.18 Å². The second-order valence-electron chi connectivity index (χ2n) is 4.71. The molecule has 1 amide bonds. The first-order chi connectivity index (χ1) is 11.2.